The van der Waals surface area contributed by atoms with Crippen molar-refractivity contribution >= 4 is 22.6 Å². The van der Waals surface area contributed by atoms with Gasteiger partial charge in [-0.3, -0.25) is 9.36 Å². The molecule has 4 rings (SSSR count). The molecular formula is C19H17N5O4. The molecule has 0 aliphatic carbocycles. The van der Waals surface area contributed by atoms with E-state index in [-0.39, 0.29) is 12.2 Å². The largest absolute Gasteiger partial charge is 0.462 e. The van der Waals surface area contributed by atoms with Crippen molar-refractivity contribution in [3.05, 3.63) is 64.5 Å². The van der Waals surface area contributed by atoms with E-state index in [1.54, 1.807) is 50.6 Å². The second kappa shape index (κ2) is 7.20. The van der Waals surface area contributed by atoms with E-state index in [0.29, 0.717) is 40.4 Å². The van der Waals surface area contributed by atoms with Crippen LogP contribution in [0.5, 0.6) is 0 Å². The van der Waals surface area contributed by atoms with Crippen LogP contribution in [0, 0.1) is 0 Å². The van der Waals surface area contributed by atoms with E-state index in [4.69, 9.17) is 9.47 Å². The number of aromatic nitrogens is 5. The van der Waals surface area contributed by atoms with Crippen LogP contribution in [0.3, 0.4) is 0 Å². The molecule has 142 valence electrons. The van der Waals surface area contributed by atoms with Crippen LogP contribution in [0.1, 0.15) is 23.1 Å². The predicted octanol–water partition coefficient (Wildman–Crippen LogP) is 1.75. The van der Waals surface area contributed by atoms with Crippen LogP contribution in [-0.2, 0) is 16.1 Å². The molecule has 9 nitrogen and oxygen atoms in total. The summed E-state index contributed by atoms with van der Waals surface area (Å²) in [6.07, 6.45) is 3.14. The molecule has 9 heteroatoms. The van der Waals surface area contributed by atoms with Crippen LogP contribution in [0.2, 0.25) is 0 Å². The highest BCUT2D eigenvalue weighted by molar-refractivity contribution is 5.89. The normalized spacial score (nSPS) is 11.2. The zero-order valence-corrected chi connectivity index (χ0v) is 15.3. The SMILES string of the molecule is CCOC(=O)c1ccc(-n2ccc3c(cnc4nc(COC)nn43)c2=O)cc1. The van der Waals surface area contributed by atoms with Crippen LogP contribution in [-0.4, -0.2) is 43.8 Å². The van der Waals surface area contributed by atoms with Gasteiger partial charge in [0.15, 0.2) is 5.82 Å². The Balaban J connectivity index is 1.78. The van der Waals surface area contributed by atoms with Gasteiger partial charge in [0.25, 0.3) is 11.3 Å². The number of hydrogen-bond acceptors (Lipinski definition) is 7. The van der Waals surface area contributed by atoms with Crippen molar-refractivity contribution in [2.45, 2.75) is 13.5 Å². The zero-order valence-electron chi connectivity index (χ0n) is 15.3. The monoisotopic (exact) mass is 379 g/mol. The van der Waals surface area contributed by atoms with E-state index in [0.717, 1.165) is 0 Å². The Bertz CT molecular complexity index is 1230. The standard InChI is InChI=1S/C19H17N5O4/c1-3-28-18(26)12-4-6-13(7-5-12)23-9-8-15-14(17(23)25)10-20-19-21-16(11-27-2)22-24(15)19/h4-10H,3,11H2,1-2H3. The van der Waals surface area contributed by atoms with Gasteiger partial charge >= 0.3 is 5.97 Å². The summed E-state index contributed by atoms with van der Waals surface area (Å²) in [6, 6.07) is 8.41. The smallest absolute Gasteiger partial charge is 0.338 e. The highest BCUT2D eigenvalue weighted by Crippen LogP contribution is 2.14. The summed E-state index contributed by atoms with van der Waals surface area (Å²) in [7, 11) is 1.56. The second-order valence-electron chi connectivity index (χ2n) is 5.99. The van der Waals surface area contributed by atoms with Gasteiger partial charge in [0, 0.05) is 25.2 Å². The highest BCUT2D eigenvalue weighted by Gasteiger charge is 2.13. The zero-order chi connectivity index (χ0) is 19.7. The van der Waals surface area contributed by atoms with Crippen molar-refractivity contribution in [2.75, 3.05) is 13.7 Å². The van der Waals surface area contributed by atoms with Gasteiger partial charge in [-0.1, -0.05) is 0 Å². The first-order valence-corrected chi connectivity index (χ1v) is 8.65. The van der Waals surface area contributed by atoms with E-state index in [1.165, 1.54) is 15.3 Å². The molecule has 0 aliphatic rings. The van der Waals surface area contributed by atoms with Gasteiger partial charge in [0.1, 0.15) is 6.61 Å². The number of nitrogens with zero attached hydrogens (tertiary/aromatic N) is 5. The van der Waals surface area contributed by atoms with Crippen LogP contribution in [0.15, 0.2) is 47.5 Å². The molecule has 0 saturated carbocycles. The number of hydrogen-bond donors (Lipinski definition) is 0. The first-order chi connectivity index (χ1) is 13.6. The Labute approximate surface area is 159 Å². The molecule has 0 N–H and O–H groups in total. The lowest BCUT2D eigenvalue weighted by atomic mass is 10.2. The fourth-order valence-electron chi connectivity index (χ4n) is 2.93. The molecule has 0 atom stereocenters. The first kappa shape index (κ1) is 17.8. The molecule has 3 heterocycles. The van der Waals surface area contributed by atoms with Crippen molar-refractivity contribution in [1.82, 2.24) is 24.1 Å². The van der Waals surface area contributed by atoms with Crippen molar-refractivity contribution in [1.29, 1.82) is 0 Å². The van der Waals surface area contributed by atoms with E-state index in [2.05, 4.69) is 15.1 Å². The van der Waals surface area contributed by atoms with Gasteiger partial charge in [0.05, 0.1) is 23.1 Å². The average Bonchev–Trinajstić information content (AvgIpc) is 3.12. The number of carbonyl (C=O) groups excluding carboxylic acids is 1. The minimum atomic E-state index is -0.399. The Morgan fingerprint density at radius 2 is 1.96 bits per heavy atom. The Morgan fingerprint density at radius 1 is 1.18 bits per heavy atom. The number of carbonyl (C=O) groups is 1. The molecule has 0 aliphatic heterocycles. The Hall–Kier alpha value is -3.59. The average molecular weight is 379 g/mol. The number of fused-ring (bicyclic) bond motifs is 3. The summed E-state index contributed by atoms with van der Waals surface area (Å²) < 4.78 is 13.0. The predicted molar refractivity (Wildman–Crippen MR) is 101 cm³/mol. The van der Waals surface area contributed by atoms with E-state index >= 15 is 0 Å². The van der Waals surface area contributed by atoms with E-state index < -0.39 is 5.97 Å². The topological polar surface area (TPSA) is 101 Å². The summed E-state index contributed by atoms with van der Waals surface area (Å²) in [5.74, 6) is 0.487. The molecule has 0 bridgehead atoms. The third-order valence-corrected chi connectivity index (χ3v) is 4.21. The number of pyridine rings is 1. The van der Waals surface area contributed by atoms with Crippen LogP contribution in [0.25, 0.3) is 22.4 Å². The van der Waals surface area contributed by atoms with Gasteiger partial charge < -0.3 is 9.47 Å². The van der Waals surface area contributed by atoms with Gasteiger partial charge in [-0.05, 0) is 37.3 Å². The maximum Gasteiger partial charge on any atom is 0.338 e. The molecule has 1 aromatic carbocycles. The molecule has 3 aromatic heterocycles. The van der Waals surface area contributed by atoms with Gasteiger partial charge in [-0.15, -0.1) is 5.10 Å². The highest BCUT2D eigenvalue weighted by atomic mass is 16.5. The van der Waals surface area contributed by atoms with Crippen LogP contribution < -0.4 is 5.56 Å². The number of rotatable bonds is 5. The third kappa shape index (κ3) is 3.01. The third-order valence-electron chi connectivity index (χ3n) is 4.21. The van der Waals surface area contributed by atoms with Crippen molar-refractivity contribution in [2.24, 2.45) is 0 Å². The lowest BCUT2D eigenvalue weighted by Crippen LogP contribution is -2.19. The Kier molecular flexibility index (Phi) is 4.58. The van der Waals surface area contributed by atoms with Gasteiger partial charge in [-0.25, -0.2) is 9.78 Å². The molecule has 0 unspecified atom stereocenters. The molecule has 0 radical (unpaired) electrons. The van der Waals surface area contributed by atoms with Gasteiger partial charge in [0.2, 0.25) is 0 Å². The summed E-state index contributed by atoms with van der Waals surface area (Å²) in [6.45, 7) is 2.31. The minimum Gasteiger partial charge on any atom is -0.462 e. The number of ether oxygens (including phenoxy) is 2. The summed E-state index contributed by atoms with van der Waals surface area (Å²) in [5.41, 5.74) is 1.40. The molecule has 0 amide bonds. The molecule has 4 aromatic rings. The molecule has 0 fully saturated rings. The molecule has 0 spiro atoms. The molecule has 0 saturated heterocycles. The van der Waals surface area contributed by atoms with E-state index in [1.807, 2.05) is 0 Å². The first-order valence-electron chi connectivity index (χ1n) is 8.65. The summed E-state index contributed by atoms with van der Waals surface area (Å²) >= 11 is 0. The maximum atomic E-state index is 13.0. The summed E-state index contributed by atoms with van der Waals surface area (Å²) in [5, 5.41) is 4.74. The fraction of sp³-hybridized carbons (Fsp3) is 0.211. The quantitative estimate of drug-likeness (QED) is 0.487. The Morgan fingerprint density at radius 3 is 2.68 bits per heavy atom. The second-order valence-corrected chi connectivity index (χ2v) is 5.99. The number of benzene rings is 1. The van der Waals surface area contributed by atoms with Crippen molar-refractivity contribution in [3.8, 4) is 5.69 Å². The van der Waals surface area contributed by atoms with Gasteiger partial charge in [-0.2, -0.15) is 9.50 Å². The van der Waals surface area contributed by atoms with E-state index in [9.17, 15) is 9.59 Å². The van der Waals surface area contributed by atoms with Crippen LogP contribution in [0.4, 0.5) is 0 Å². The number of methoxy groups -OCH3 is 1. The molecular weight excluding hydrogens is 362 g/mol. The minimum absolute atomic E-state index is 0.250. The lowest BCUT2D eigenvalue weighted by molar-refractivity contribution is 0.0526. The number of esters is 1. The fourth-order valence-corrected chi connectivity index (χ4v) is 2.93. The van der Waals surface area contributed by atoms with Crippen molar-refractivity contribution in [3.63, 3.8) is 0 Å². The van der Waals surface area contributed by atoms with Crippen molar-refractivity contribution < 1.29 is 14.3 Å². The lowest BCUT2D eigenvalue weighted by Gasteiger charge is -2.08. The maximum absolute atomic E-state index is 13.0. The summed E-state index contributed by atoms with van der Waals surface area (Å²) in [4.78, 5) is 33.2. The molecule has 28 heavy (non-hydrogen) atoms. The van der Waals surface area contributed by atoms with Crippen LogP contribution >= 0.6 is 0 Å².